The van der Waals surface area contributed by atoms with Gasteiger partial charge in [0.15, 0.2) is 5.78 Å². The molecule has 0 saturated carbocycles. The molecule has 16 heavy (non-hydrogen) atoms. The molecule has 0 fully saturated rings. The molecule has 1 aliphatic carbocycles. The molecule has 0 unspecified atom stereocenters. The first-order chi connectivity index (χ1) is 7.65. The van der Waals surface area contributed by atoms with Gasteiger partial charge in [0, 0.05) is 12.1 Å². The van der Waals surface area contributed by atoms with Crippen molar-refractivity contribution in [3.05, 3.63) is 22.5 Å². The van der Waals surface area contributed by atoms with E-state index in [0.29, 0.717) is 24.3 Å². The van der Waals surface area contributed by atoms with Crippen molar-refractivity contribution in [2.45, 2.75) is 33.1 Å². The zero-order valence-corrected chi connectivity index (χ0v) is 9.55. The van der Waals surface area contributed by atoms with Crippen LogP contribution in [-0.4, -0.2) is 23.3 Å². The molecule has 0 aliphatic heterocycles. The number of carbonyl (C=O) groups is 2. The third-order valence-corrected chi connectivity index (χ3v) is 2.88. The second-order valence-corrected chi connectivity index (χ2v) is 3.98. The van der Waals surface area contributed by atoms with Gasteiger partial charge in [-0.05, 0) is 32.3 Å². The lowest BCUT2D eigenvalue weighted by molar-refractivity contribution is 0.0524. The molecule has 0 saturated heterocycles. The van der Waals surface area contributed by atoms with Crippen molar-refractivity contribution < 1.29 is 14.3 Å². The quantitative estimate of drug-likeness (QED) is 0.777. The van der Waals surface area contributed by atoms with E-state index in [1.165, 1.54) is 0 Å². The van der Waals surface area contributed by atoms with E-state index < -0.39 is 0 Å². The minimum atomic E-state index is -0.327. The molecule has 86 valence electrons. The van der Waals surface area contributed by atoms with Crippen molar-refractivity contribution >= 4 is 11.8 Å². The lowest BCUT2D eigenvalue weighted by atomic mass is 9.93. The van der Waals surface area contributed by atoms with Crippen molar-refractivity contribution in [2.75, 3.05) is 6.61 Å². The molecule has 0 spiro atoms. The number of hydrogen-bond acceptors (Lipinski definition) is 3. The van der Waals surface area contributed by atoms with E-state index in [-0.39, 0.29) is 11.8 Å². The van der Waals surface area contributed by atoms with E-state index in [1.807, 2.05) is 0 Å². The van der Waals surface area contributed by atoms with Crippen LogP contribution >= 0.6 is 0 Å². The van der Waals surface area contributed by atoms with Crippen molar-refractivity contribution in [3.8, 4) is 0 Å². The second-order valence-electron chi connectivity index (χ2n) is 3.98. The third kappa shape index (κ3) is 1.64. The van der Waals surface area contributed by atoms with Crippen LogP contribution < -0.4 is 0 Å². The van der Waals surface area contributed by atoms with E-state index in [2.05, 4.69) is 4.98 Å². The first kappa shape index (κ1) is 10.9. The number of rotatable bonds is 2. The van der Waals surface area contributed by atoms with Crippen molar-refractivity contribution in [1.82, 2.24) is 4.98 Å². The van der Waals surface area contributed by atoms with Crippen LogP contribution in [0.4, 0.5) is 0 Å². The number of ether oxygens (including phenoxy) is 1. The number of aryl methyl sites for hydroxylation is 1. The fourth-order valence-electron chi connectivity index (χ4n) is 2.20. The number of fused-ring (bicyclic) bond motifs is 1. The molecule has 0 atom stereocenters. The number of hydrogen-bond donors (Lipinski definition) is 1. The molecule has 0 amide bonds. The van der Waals surface area contributed by atoms with E-state index in [9.17, 15) is 9.59 Å². The summed E-state index contributed by atoms with van der Waals surface area (Å²) in [5.74, 6) is -0.230. The Bertz CT molecular complexity index is 445. The smallest absolute Gasteiger partial charge is 0.340 e. The molecule has 4 heteroatoms. The third-order valence-electron chi connectivity index (χ3n) is 2.88. The van der Waals surface area contributed by atoms with Gasteiger partial charge in [-0.3, -0.25) is 4.79 Å². The average Bonchev–Trinajstić information content (AvgIpc) is 2.56. The molecule has 0 aromatic carbocycles. The summed E-state index contributed by atoms with van der Waals surface area (Å²) in [6.45, 7) is 3.93. The molecule has 1 aliphatic rings. The van der Waals surface area contributed by atoms with Gasteiger partial charge in [0.25, 0.3) is 0 Å². The molecule has 2 rings (SSSR count). The van der Waals surface area contributed by atoms with Gasteiger partial charge in [-0.15, -0.1) is 0 Å². The molecule has 4 nitrogen and oxygen atoms in total. The van der Waals surface area contributed by atoms with E-state index in [0.717, 1.165) is 24.1 Å². The summed E-state index contributed by atoms with van der Waals surface area (Å²) >= 11 is 0. The topological polar surface area (TPSA) is 59.2 Å². The Kier molecular flexibility index (Phi) is 2.81. The van der Waals surface area contributed by atoms with Crippen LogP contribution in [0, 0.1) is 6.92 Å². The maximum absolute atomic E-state index is 11.8. The molecule has 1 heterocycles. The second kappa shape index (κ2) is 4.12. The van der Waals surface area contributed by atoms with Crippen LogP contribution in [0.3, 0.4) is 0 Å². The first-order valence-electron chi connectivity index (χ1n) is 5.57. The average molecular weight is 221 g/mol. The van der Waals surface area contributed by atoms with Crippen LogP contribution in [0.1, 0.15) is 51.9 Å². The van der Waals surface area contributed by atoms with Gasteiger partial charge in [0.05, 0.1) is 17.9 Å². The maximum atomic E-state index is 11.8. The number of Topliss-reactive ketones (excluding diaryl/α,β-unsaturated/α-hetero) is 1. The fraction of sp³-hybridized carbons (Fsp3) is 0.500. The van der Waals surface area contributed by atoms with Crippen LogP contribution in [0.15, 0.2) is 0 Å². The summed E-state index contributed by atoms with van der Waals surface area (Å²) in [5.41, 5.74) is 2.74. The summed E-state index contributed by atoms with van der Waals surface area (Å²) < 4.78 is 5.00. The molecule has 1 N–H and O–H groups in total. The number of aromatic amines is 1. The molecular weight excluding hydrogens is 206 g/mol. The summed E-state index contributed by atoms with van der Waals surface area (Å²) in [4.78, 5) is 26.4. The van der Waals surface area contributed by atoms with Gasteiger partial charge in [-0.2, -0.15) is 0 Å². The molecule has 0 bridgehead atoms. The zero-order valence-electron chi connectivity index (χ0n) is 9.55. The highest BCUT2D eigenvalue weighted by atomic mass is 16.5. The minimum absolute atomic E-state index is 0.0971. The van der Waals surface area contributed by atoms with Gasteiger partial charge in [-0.25, -0.2) is 4.79 Å². The SMILES string of the molecule is CCOC(=O)c1c(C)[nH]c2c1CCCC2=O. The number of nitrogens with one attached hydrogen (secondary N) is 1. The fourth-order valence-corrected chi connectivity index (χ4v) is 2.20. The predicted molar refractivity (Wildman–Crippen MR) is 58.8 cm³/mol. The number of esters is 1. The Balaban J connectivity index is 2.46. The van der Waals surface area contributed by atoms with Crippen LogP contribution in [0.2, 0.25) is 0 Å². The molecule has 0 radical (unpaired) electrons. The van der Waals surface area contributed by atoms with Crippen LogP contribution in [-0.2, 0) is 11.2 Å². The Morgan fingerprint density at radius 2 is 2.19 bits per heavy atom. The summed E-state index contributed by atoms with van der Waals surface area (Å²) in [6.07, 6.45) is 2.16. The van der Waals surface area contributed by atoms with Crippen LogP contribution in [0.25, 0.3) is 0 Å². The van der Waals surface area contributed by atoms with Crippen molar-refractivity contribution in [2.24, 2.45) is 0 Å². The standard InChI is InChI=1S/C12H15NO3/c1-3-16-12(15)10-7(2)13-11-8(10)5-4-6-9(11)14/h13H,3-6H2,1-2H3. The lowest BCUT2D eigenvalue weighted by Crippen LogP contribution is -2.13. The van der Waals surface area contributed by atoms with Crippen LogP contribution in [0.5, 0.6) is 0 Å². The van der Waals surface area contributed by atoms with Crippen molar-refractivity contribution in [3.63, 3.8) is 0 Å². The molecule has 1 aromatic rings. The highest BCUT2D eigenvalue weighted by Crippen LogP contribution is 2.27. The summed E-state index contributed by atoms with van der Waals surface area (Å²) in [5, 5.41) is 0. The Hall–Kier alpha value is -1.58. The van der Waals surface area contributed by atoms with Gasteiger partial charge >= 0.3 is 5.97 Å². The van der Waals surface area contributed by atoms with Gasteiger partial charge in [0.1, 0.15) is 0 Å². The Morgan fingerprint density at radius 1 is 1.44 bits per heavy atom. The number of aromatic nitrogens is 1. The highest BCUT2D eigenvalue weighted by molar-refractivity contribution is 6.02. The maximum Gasteiger partial charge on any atom is 0.340 e. The van der Waals surface area contributed by atoms with Gasteiger partial charge in [-0.1, -0.05) is 0 Å². The number of H-pyrrole nitrogens is 1. The normalized spacial score (nSPS) is 14.8. The van der Waals surface area contributed by atoms with Gasteiger partial charge < -0.3 is 9.72 Å². The largest absolute Gasteiger partial charge is 0.462 e. The van der Waals surface area contributed by atoms with E-state index >= 15 is 0 Å². The van der Waals surface area contributed by atoms with E-state index in [4.69, 9.17) is 4.74 Å². The summed E-state index contributed by atoms with van der Waals surface area (Å²) in [7, 11) is 0. The zero-order chi connectivity index (χ0) is 11.7. The first-order valence-corrected chi connectivity index (χ1v) is 5.57. The highest BCUT2D eigenvalue weighted by Gasteiger charge is 2.27. The number of carbonyl (C=O) groups excluding carboxylic acids is 2. The molecule has 1 aromatic heterocycles. The van der Waals surface area contributed by atoms with Gasteiger partial charge in [0.2, 0.25) is 0 Å². The minimum Gasteiger partial charge on any atom is -0.462 e. The van der Waals surface area contributed by atoms with Crippen molar-refractivity contribution in [1.29, 1.82) is 0 Å². The monoisotopic (exact) mass is 221 g/mol. The van der Waals surface area contributed by atoms with E-state index in [1.54, 1.807) is 13.8 Å². The molecular formula is C12H15NO3. The number of ketones is 1. The lowest BCUT2D eigenvalue weighted by Gasteiger charge is -2.11. The Labute approximate surface area is 94.0 Å². The predicted octanol–water partition coefficient (Wildman–Crippen LogP) is 2.02. The Morgan fingerprint density at radius 3 is 2.88 bits per heavy atom. The summed E-state index contributed by atoms with van der Waals surface area (Å²) in [6, 6.07) is 0.